The lowest BCUT2D eigenvalue weighted by atomic mass is 10.1. The van der Waals surface area contributed by atoms with Gasteiger partial charge in [0.15, 0.2) is 11.5 Å². The highest BCUT2D eigenvalue weighted by Crippen LogP contribution is 2.31. The van der Waals surface area contributed by atoms with E-state index in [0.29, 0.717) is 34.7 Å². The van der Waals surface area contributed by atoms with Gasteiger partial charge in [0.1, 0.15) is 0 Å². The van der Waals surface area contributed by atoms with Crippen molar-refractivity contribution in [2.75, 3.05) is 11.9 Å². The Kier molecular flexibility index (Phi) is 6.02. The van der Waals surface area contributed by atoms with Gasteiger partial charge in [0.05, 0.1) is 23.7 Å². The van der Waals surface area contributed by atoms with Crippen LogP contribution in [-0.4, -0.2) is 38.0 Å². The van der Waals surface area contributed by atoms with E-state index in [0.717, 1.165) is 41.9 Å². The fourth-order valence-corrected chi connectivity index (χ4v) is 3.95. The molecule has 0 spiro atoms. The third kappa shape index (κ3) is 4.52. The first-order valence-electron chi connectivity index (χ1n) is 11.8. The molecular weight excluding hydrogens is 426 g/mol. The van der Waals surface area contributed by atoms with Crippen molar-refractivity contribution in [1.82, 2.24) is 19.7 Å². The molecule has 0 radical (unpaired) electrons. The number of nitrogens with one attached hydrogen (secondary N) is 2. The van der Waals surface area contributed by atoms with Crippen molar-refractivity contribution < 1.29 is 9.90 Å². The van der Waals surface area contributed by atoms with Crippen LogP contribution >= 0.6 is 0 Å². The van der Waals surface area contributed by atoms with Gasteiger partial charge >= 0.3 is 0 Å². The molecule has 1 amide bonds. The van der Waals surface area contributed by atoms with Gasteiger partial charge in [0.2, 0.25) is 0 Å². The van der Waals surface area contributed by atoms with Crippen LogP contribution in [0, 0.1) is 5.92 Å². The predicted molar refractivity (Wildman–Crippen MR) is 134 cm³/mol. The third-order valence-corrected chi connectivity index (χ3v) is 5.91. The zero-order valence-corrected chi connectivity index (χ0v) is 19.5. The monoisotopic (exact) mass is 455 g/mol. The summed E-state index contributed by atoms with van der Waals surface area (Å²) in [7, 11) is 0. The third-order valence-electron chi connectivity index (χ3n) is 5.91. The first-order chi connectivity index (χ1) is 16.5. The van der Waals surface area contributed by atoms with Crippen LogP contribution in [0.3, 0.4) is 0 Å². The number of amides is 1. The number of fused-ring (bicyclic) bond motifs is 1. The fraction of sp³-hybridized carbons (Fsp3) is 0.296. The van der Waals surface area contributed by atoms with E-state index in [1.54, 1.807) is 0 Å². The second-order valence-corrected chi connectivity index (χ2v) is 9.20. The number of nitrogens with zero attached hydrogens (tertiary/aromatic N) is 3. The Labute approximate surface area is 198 Å². The van der Waals surface area contributed by atoms with Gasteiger partial charge in [0, 0.05) is 35.5 Å². The minimum absolute atomic E-state index is 0.0506. The molecule has 34 heavy (non-hydrogen) atoms. The molecular formula is C27H29N5O2. The molecule has 0 atom stereocenters. The SMILES string of the molecule is CC(C)CNc1nc(-c2ccccc2)cn2c(-c3ccc(C(=O)NC4CC4)cc3)c(CO)nc12. The van der Waals surface area contributed by atoms with Crippen molar-refractivity contribution in [2.45, 2.75) is 39.3 Å². The van der Waals surface area contributed by atoms with Crippen LogP contribution in [0.4, 0.5) is 5.82 Å². The smallest absolute Gasteiger partial charge is 0.251 e. The Balaban J connectivity index is 1.61. The van der Waals surface area contributed by atoms with Crippen LogP contribution in [0.2, 0.25) is 0 Å². The molecule has 174 valence electrons. The summed E-state index contributed by atoms with van der Waals surface area (Å²) < 4.78 is 1.99. The van der Waals surface area contributed by atoms with Crippen LogP contribution in [0.1, 0.15) is 42.7 Å². The molecule has 4 aromatic rings. The standard InChI is InChI=1S/C27H29N5O2/c1-17(2)14-28-25-26-31-23(16-33)24(32(26)15-22(30-25)18-6-4-3-5-7-18)19-8-10-20(11-9-19)27(34)29-21-12-13-21/h3-11,15,17,21,33H,12-14,16H2,1-2H3,(H,28,30)(H,29,34). The molecule has 3 N–H and O–H groups in total. The quantitative estimate of drug-likeness (QED) is 0.363. The maximum absolute atomic E-state index is 12.4. The molecule has 0 unspecified atom stereocenters. The predicted octanol–water partition coefficient (Wildman–Crippen LogP) is 4.52. The van der Waals surface area contributed by atoms with Crippen LogP contribution in [0.25, 0.3) is 28.2 Å². The number of hydrogen-bond acceptors (Lipinski definition) is 5. The normalized spacial score (nSPS) is 13.4. The van der Waals surface area contributed by atoms with Gasteiger partial charge in [0.25, 0.3) is 5.91 Å². The second-order valence-electron chi connectivity index (χ2n) is 9.20. The van der Waals surface area contributed by atoms with Crippen molar-refractivity contribution in [3.8, 4) is 22.5 Å². The van der Waals surface area contributed by atoms with Crippen LogP contribution in [-0.2, 0) is 6.61 Å². The van der Waals surface area contributed by atoms with Crippen molar-refractivity contribution in [3.63, 3.8) is 0 Å². The van der Waals surface area contributed by atoms with Gasteiger partial charge < -0.3 is 15.7 Å². The number of benzene rings is 2. The number of aliphatic hydroxyl groups is 1. The summed E-state index contributed by atoms with van der Waals surface area (Å²) in [6, 6.07) is 17.8. The maximum atomic E-state index is 12.4. The van der Waals surface area contributed by atoms with E-state index in [2.05, 4.69) is 24.5 Å². The number of aromatic nitrogens is 3. The van der Waals surface area contributed by atoms with Crippen molar-refractivity contribution in [1.29, 1.82) is 0 Å². The summed E-state index contributed by atoms with van der Waals surface area (Å²) in [5.41, 5.74) is 5.32. The lowest BCUT2D eigenvalue weighted by molar-refractivity contribution is 0.0951. The molecule has 1 fully saturated rings. The average Bonchev–Trinajstić information content (AvgIpc) is 3.59. The minimum atomic E-state index is -0.203. The van der Waals surface area contributed by atoms with E-state index in [-0.39, 0.29) is 12.5 Å². The van der Waals surface area contributed by atoms with Gasteiger partial charge in [-0.15, -0.1) is 0 Å². The Morgan fingerprint density at radius 2 is 1.79 bits per heavy atom. The van der Waals surface area contributed by atoms with Crippen molar-refractivity contribution in [2.24, 2.45) is 5.92 Å². The van der Waals surface area contributed by atoms with E-state index >= 15 is 0 Å². The summed E-state index contributed by atoms with van der Waals surface area (Å²) in [5.74, 6) is 1.06. The Hall–Kier alpha value is -3.71. The number of rotatable bonds is 8. The summed E-state index contributed by atoms with van der Waals surface area (Å²) in [6.07, 6.45) is 4.06. The van der Waals surface area contributed by atoms with Crippen LogP contribution < -0.4 is 10.6 Å². The zero-order chi connectivity index (χ0) is 23.7. The van der Waals surface area contributed by atoms with Crippen LogP contribution in [0.5, 0.6) is 0 Å². The average molecular weight is 456 g/mol. The number of imidazole rings is 1. The van der Waals surface area contributed by atoms with Gasteiger partial charge in [-0.2, -0.15) is 0 Å². The number of carbonyl (C=O) groups excluding carboxylic acids is 1. The Bertz CT molecular complexity index is 1310. The van der Waals surface area contributed by atoms with Gasteiger partial charge in [-0.05, 0) is 30.9 Å². The maximum Gasteiger partial charge on any atom is 0.251 e. The van der Waals surface area contributed by atoms with Crippen molar-refractivity contribution >= 4 is 17.4 Å². The molecule has 0 aliphatic heterocycles. The number of hydrogen-bond donors (Lipinski definition) is 3. The molecule has 2 aromatic carbocycles. The molecule has 2 heterocycles. The zero-order valence-electron chi connectivity index (χ0n) is 19.5. The van der Waals surface area contributed by atoms with Gasteiger partial charge in [-0.25, -0.2) is 9.97 Å². The van der Waals surface area contributed by atoms with E-state index in [9.17, 15) is 9.90 Å². The molecule has 1 aliphatic rings. The van der Waals surface area contributed by atoms with Gasteiger partial charge in [-0.3, -0.25) is 9.20 Å². The molecule has 0 bridgehead atoms. The topological polar surface area (TPSA) is 91.6 Å². The van der Waals surface area contributed by atoms with E-state index in [1.807, 2.05) is 65.2 Å². The van der Waals surface area contributed by atoms with E-state index in [1.165, 1.54) is 0 Å². The molecule has 7 nitrogen and oxygen atoms in total. The molecule has 0 saturated heterocycles. The highest BCUT2D eigenvalue weighted by Gasteiger charge is 2.24. The number of aliphatic hydroxyl groups excluding tert-OH is 1. The molecule has 2 aromatic heterocycles. The summed E-state index contributed by atoms with van der Waals surface area (Å²) in [5, 5.41) is 16.6. The van der Waals surface area contributed by atoms with Gasteiger partial charge in [-0.1, -0.05) is 56.3 Å². The molecule has 1 saturated carbocycles. The highest BCUT2D eigenvalue weighted by atomic mass is 16.3. The first kappa shape index (κ1) is 22.1. The molecule has 7 heteroatoms. The summed E-state index contributed by atoms with van der Waals surface area (Å²) >= 11 is 0. The van der Waals surface area contributed by atoms with Crippen molar-refractivity contribution in [3.05, 3.63) is 72.1 Å². The minimum Gasteiger partial charge on any atom is -0.390 e. The second kappa shape index (κ2) is 9.27. The van der Waals surface area contributed by atoms with E-state index in [4.69, 9.17) is 9.97 Å². The molecule has 1 aliphatic carbocycles. The lowest BCUT2D eigenvalue weighted by Crippen LogP contribution is -2.25. The van der Waals surface area contributed by atoms with E-state index < -0.39 is 0 Å². The Morgan fingerprint density at radius 3 is 2.44 bits per heavy atom. The first-order valence-corrected chi connectivity index (χ1v) is 11.8. The highest BCUT2D eigenvalue weighted by molar-refractivity contribution is 5.95. The lowest BCUT2D eigenvalue weighted by Gasteiger charge is -2.13. The Morgan fingerprint density at radius 1 is 1.06 bits per heavy atom. The van der Waals surface area contributed by atoms with Crippen LogP contribution in [0.15, 0.2) is 60.8 Å². The fourth-order valence-electron chi connectivity index (χ4n) is 3.95. The number of carbonyl (C=O) groups is 1. The largest absolute Gasteiger partial charge is 0.390 e. The summed E-state index contributed by atoms with van der Waals surface area (Å²) in [4.78, 5) is 22.0. The molecule has 5 rings (SSSR count). The number of anilines is 1. The summed E-state index contributed by atoms with van der Waals surface area (Å²) in [6.45, 7) is 4.83.